The van der Waals surface area contributed by atoms with Crippen LogP contribution >= 0.6 is 31.9 Å². The van der Waals surface area contributed by atoms with E-state index in [1.54, 1.807) is 30.3 Å². The number of halogens is 3. The van der Waals surface area contributed by atoms with Crippen molar-refractivity contribution in [2.75, 3.05) is 0 Å². The van der Waals surface area contributed by atoms with Gasteiger partial charge < -0.3 is 9.84 Å². The molecule has 0 aliphatic heterocycles. The SMILES string of the molecule is OCc1ccc(OCc2cccc(F)c2Br)c(Br)c1. The normalized spacial score (nSPS) is 10.5. The van der Waals surface area contributed by atoms with Gasteiger partial charge in [0.05, 0.1) is 15.6 Å². The fourth-order valence-electron chi connectivity index (χ4n) is 1.58. The molecule has 0 saturated heterocycles. The van der Waals surface area contributed by atoms with Gasteiger partial charge in [-0.2, -0.15) is 0 Å². The van der Waals surface area contributed by atoms with Gasteiger partial charge in [0.2, 0.25) is 0 Å². The molecule has 0 aromatic heterocycles. The Labute approximate surface area is 127 Å². The van der Waals surface area contributed by atoms with Crippen LogP contribution in [0.15, 0.2) is 45.3 Å². The second kappa shape index (κ2) is 6.50. The maximum absolute atomic E-state index is 13.3. The summed E-state index contributed by atoms with van der Waals surface area (Å²) in [5.74, 6) is 0.337. The minimum absolute atomic E-state index is 0.0195. The molecular formula is C14H11Br2FO2. The summed E-state index contributed by atoms with van der Waals surface area (Å²) < 4.78 is 20.1. The Hall–Kier alpha value is -0.910. The van der Waals surface area contributed by atoms with Gasteiger partial charge in [0.15, 0.2) is 0 Å². The molecule has 0 spiro atoms. The third-order valence-corrected chi connectivity index (χ3v) is 4.10. The molecule has 2 rings (SSSR count). The lowest BCUT2D eigenvalue weighted by Crippen LogP contribution is -1.98. The molecule has 19 heavy (non-hydrogen) atoms. The van der Waals surface area contributed by atoms with Crippen LogP contribution in [-0.4, -0.2) is 5.11 Å². The van der Waals surface area contributed by atoms with E-state index in [-0.39, 0.29) is 19.0 Å². The highest BCUT2D eigenvalue weighted by atomic mass is 79.9. The first kappa shape index (κ1) is 14.5. The summed E-state index contributed by atoms with van der Waals surface area (Å²) in [4.78, 5) is 0. The number of hydrogen-bond acceptors (Lipinski definition) is 2. The number of aliphatic hydroxyl groups excluding tert-OH is 1. The van der Waals surface area contributed by atoms with Gasteiger partial charge in [-0.3, -0.25) is 0 Å². The van der Waals surface area contributed by atoms with Crippen molar-refractivity contribution in [3.05, 3.63) is 62.3 Å². The summed E-state index contributed by atoms with van der Waals surface area (Å²) in [6, 6.07) is 10.2. The Kier molecular flexibility index (Phi) is 4.96. The van der Waals surface area contributed by atoms with E-state index in [9.17, 15) is 4.39 Å². The molecule has 100 valence electrons. The van der Waals surface area contributed by atoms with Crippen molar-refractivity contribution in [3.8, 4) is 5.75 Å². The topological polar surface area (TPSA) is 29.5 Å². The highest BCUT2D eigenvalue weighted by molar-refractivity contribution is 9.10. The van der Waals surface area contributed by atoms with E-state index >= 15 is 0 Å². The van der Waals surface area contributed by atoms with E-state index < -0.39 is 0 Å². The van der Waals surface area contributed by atoms with Crippen molar-refractivity contribution in [1.82, 2.24) is 0 Å². The monoisotopic (exact) mass is 388 g/mol. The van der Waals surface area contributed by atoms with E-state index in [1.807, 2.05) is 0 Å². The molecule has 0 heterocycles. The van der Waals surface area contributed by atoms with Gasteiger partial charge in [0.25, 0.3) is 0 Å². The molecule has 1 N–H and O–H groups in total. The summed E-state index contributed by atoms with van der Waals surface area (Å²) in [7, 11) is 0. The van der Waals surface area contributed by atoms with Crippen LogP contribution in [-0.2, 0) is 13.2 Å². The van der Waals surface area contributed by atoms with Crippen LogP contribution in [0, 0.1) is 5.82 Å². The van der Waals surface area contributed by atoms with E-state index in [0.717, 1.165) is 15.6 Å². The molecular weight excluding hydrogens is 379 g/mol. The molecule has 0 aliphatic rings. The molecule has 0 bridgehead atoms. The third-order valence-electron chi connectivity index (χ3n) is 2.59. The maximum atomic E-state index is 13.3. The predicted octanol–water partition coefficient (Wildman–Crippen LogP) is 4.42. The van der Waals surface area contributed by atoms with E-state index in [2.05, 4.69) is 31.9 Å². The zero-order valence-electron chi connectivity index (χ0n) is 9.87. The fourth-order valence-corrected chi connectivity index (χ4v) is 2.49. The lowest BCUT2D eigenvalue weighted by atomic mass is 10.2. The van der Waals surface area contributed by atoms with E-state index in [1.165, 1.54) is 6.07 Å². The van der Waals surface area contributed by atoms with Crippen LogP contribution in [0.4, 0.5) is 4.39 Å². The summed E-state index contributed by atoms with van der Waals surface area (Å²) in [5.41, 5.74) is 1.53. The molecule has 0 fully saturated rings. The molecule has 0 aliphatic carbocycles. The Morgan fingerprint density at radius 2 is 1.95 bits per heavy atom. The number of benzene rings is 2. The fraction of sp³-hybridized carbons (Fsp3) is 0.143. The molecule has 2 aromatic rings. The quantitative estimate of drug-likeness (QED) is 0.838. The highest BCUT2D eigenvalue weighted by Gasteiger charge is 2.07. The van der Waals surface area contributed by atoms with Gasteiger partial charge in [0.1, 0.15) is 18.2 Å². The summed E-state index contributed by atoms with van der Waals surface area (Å²) >= 11 is 6.57. The first-order valence-corrected chi connectivity index (χ1v) is 7.15. The van der Waals surface area contributed by atoms with Crippen LogP contribution < -0.4 is 4.74 Å². The minimum Gasteiger partial charge on any atom is -0.488 e. The Bertz CT molecular complexity index is 588. The van der Waals surface area contributed by atoms with Crippen LogP contribution in [0.25, 0.3) is 0 Å². The first-order chi connectivity index (χ1) is 9.11. The van der Waals surface area contributed by atoms with E-state index in [4.69, 9.17) is 9.84 Å². The summed E-state index contributed by atoms with van der Waals surface area (Å²) in [6.07, 6.45) is 0. The molecule has 2 nitrogen and oxygen atoms in total. The number of ether oxygens (including phenoxy) is 1. The Balaban J connectivity index is 2.12. The zero-order chi connectivity index (χ0) is 13.8. The van der Waals surface area contributed by atoms with Crippen molar-refractivity contribution >= 4 is 31.9 Å². The lowest BCUT2D eigenvalue weighted by molar-refractivity contribution is 0.280. The van der Waals surface area contributed by atoms with Gasteiger partial charge in [-0.15, -0.1) is 0 Å². The first-order valence-electron chi connectivity index (χ1n) is 5.57. The van der Waals surface area contributed by atoms with Gasteiger partial charge in [0, 0.05) is 5.56 Å². The van der Waals surface area contributed by atoms with E-state index in [0.29, 0.717) is 10.2 Å². The van der Waals surface area contributed by atoms with Crippen molar-refractivity contribution in [2.24, 2.45) is 0 Å². The van der Waals surface area contributed by atoms with Crippen LogP contribution in [0.1, 0.15) is 11.1 Å². The molecule has 5 heteroatoms. The maximum Gasteiger partial charge on any atom is 0.137 e. The second-order valence-corrected chi connectivity index (χ2v) is 5.57. The smallest absolute Gasteiger partial charge is 0.137 e. The molecule has 0 unspecified atom stereocenters. The van der Waals surface area contributed by atoms with Crippen LogP contribution in [0.5, 0.6) is 5.75 Å². The molecule has 2 aromatic carbocycles. The zero-order valence-corrected chi connectivity index (χ0v) is 13.0. The Morgan fingerprint density at radius 1 is 1.16 bits per heavy atom. The van der Waals surface area contributed by atoms with Crippen molar-refractivity contribution in [1.29, 1.82) is 0 Å². The average Bonchev–Trinajstić information content (AvgIpc) is 2.41. The van der Waals surface area contributed by atoms with Crippen LogP contribution in [0.3, 0.4) is 0 Å². The number of hydrogen-bond donors (Lipinski definition) is 1. The number of rotatable bonds is 4. The molecule has 0 radical (unpaired) electrons. The van der Waals surface area contributed by atoms with Gasteiger partial charge in [-0.25, -0.2) is 4.39 Å². The predicted molar refractivity (Wildman–Crippen MR) is 78.5 cm³/mol. The molecule has 0 atom stereocenters. The third kappa shape index (κ3) is 3.55. The van der Waals surface area contributed by atoms with Gasteiger partial charge in [-0.05, 0) is 55.6 Å². The lowest BCUT2D eigenvalue weighted by Gasteiger charge is -2.10. The largest absolute Gasteiger partial charge is 0.488 e. The molecule has 0 saturated carbocycles. The second-order valence-electron chi connectivity index (χ2n) is 3.92. The highest BCUT2D eigenvalue weighted by Crippen LogP contribution is 2.28. The van der Waals surface area contributed by atoms with Crippen molar-refractivity contribution < 1.29 is 14.2 Å². The van der Waals surface area contributed by atoms with Crippen LogP contribution in [0.2, 0.25) is 0 Å². The average molecular weight is 390 g/mol. The summed E-state index contributed by atoms with van der Waals surface area (Å²) in [6.45, 7) is 0.240. The minimum atomic E-state index is -0.309. The van der Waals surface area contributed by atoms with Gasteiger partial charge in [-0.1, -0.05) is 18.2 Å². The van der Waals surface area contributed by atoms with Crippen molar-refractivity contribution in [2.45, 2.75) is 13.2 Å². The Morgan fingerprint density at radius 3 is 2.63 bits per heavy atom. The van der Waals surface area contributed by atoms with Crippen molar-refractivity contribution in [3.63, 3.8) is 0 Å². The summed E-state index contributed by atoms with van der Waals surface area (Å²) in [5, 5.41) is 9.02. The van der Waals surface area contributed by atoms with Gasteiger partial charge >= 0.3 is 0 Å². The number of aliphatic hydroxyl groups is 1. The standard InChI is InChI=1S/C14H11Br2FO2/c15-11-6-9(7-18)4-5-13(11)19-8-10-2-1-3-12(17)14(10)16/h1-6,18H,7-8H2. The molecule has 0 amide bonds.